The van der Waals surface area contributed by atoms with Crippen LogP contribution in [0, 0.1) is 0 Å². The third kappa shape index (κ3) is 2.74. The molecule has 4 heteroatoms. The Balaban J connectivity index is 1.36. The smallest absolute Gasteiger partial charge is 0.243 e. The van der Waals surface area contributed by atoms with Crippen LogP contribution in [0.3, 0.4) is 0 Å². The number of nitrogens with two attached hydrogens (primary N) is 1. The summed E-state index contributed by atoms with van der Waals surface area (Å²) in [6.45, 7) is 0. The molecular formula is C23H26N2O2. The van der Waals surface area contributed by atoms with Gasteiger partial charge in [0.1, 0.15) is 11.3 Å². The number of amides is 1. The number of rotatable bonds is 2. The van der Waals surface area contributed by atoms with E-state index in [4.69, 9.17) is 5.73 Å². The summed E-state index contributed by atoms with van der Waals surface area (Å²) in [6.07, 6.45) is 5.36. The highest BCUT2D eigenvalue weighted by atomic mass is 16.3. The van der Waals surface area contributed by atoms with E-state index in [2.05, 4.69) is 23.1 Å². The summed E-state index contributed by atoms with van der Waals surface area (Å²) in [6, 6.07) is 16.4. The topological polar surface area (TPSA) is 66.6 Å². The molecule has 2 heterocycles. The van der Waals surface area contributed by atoms with Gasteiger partial charge in [-0.15, -0.1) is 0 Å². The molecular weight excluding hydrogens is 336 g/mol. The first-order valence-corrected chi connectivity index (χ1v) is 10.0. The van der Waals surface area contributed by atoms with E-state index in [1.165, 1.54) is 16.7 Å². The van der Waals surface area contributed by atoms with Gasteiger partial charge in [0, 0.05) is 12.1 Å². The first-order chi connectivity index (χ1) is 13.0. The molecule has 0 spiro atoms. The summed E-state index contributed by atoms with van der Waals surface area (Å²) in [7, 11) is 0. The van der Waals surface area contributed by atoms with E-state index in [1.807, 2.05) is 24.3 Å². The van der Waals surface area contributed by atoms with Crippen LogP contribution in [0.4, 0.5) is 0 Å². The minimum Gasteiger partial charge on any atom is -0.508 e. The summed E-state index contributed by atoms with van der Waals surface area (Å²) in [5.41, 5.74) is 9.51. The number of phenolic OH excluding ortho intramolecular Hbond substituents is 1. The van der Waals surface area contributed by atoms with Crippen LogP contribution in [0.15, 0.2) is 48.5 Å². The normalized spacial score (nSPS) is 28.2. The maximum Gasteiger partial charge on any atom is 0.243 e. The van der Waals surface area contributed by atoms with Gasteiger partial charge >= 0.3 is 0 Å². The zero-order chi connectivity index (χ0) is 18.6. The molecule has 0 saturated carbocycles. The van der Waals surface area contributed by atoms with Crippen molar-refractivity contribution in [1.29, 1.82) is 0 Å². The molecule has 2 aromatic rings. The fourth-order valence-corrected chi connectivity index (χ4v) is 5.61. The zero-order valence-electron chi connectivity index (χ0n) is 15.5. The molecule has 140 valence electrons. The SMILES string of the molecule is NC1(C(=O)N2[C@@H]3CC[C@H]2CC(c2cccc(O)c2)C3)Cc2ccccc2C1. The van der Waals surface area contributed by atoms with Crippen LogP contribution >= 0.6 is 0 Å². The first-order valence-electron chi connectivity index (χ1n) is 10.0. The molecule has 2 bridgehead atoms. The molecule has 3 atom stereocenters. The number of benzene rings is 2. The van der Waals surface area contributed by atoms with Crippen LogP contribution < -0.4 is 5.73 Å². The summed E-state index contributed by atoms with van der Waals surface area (Å²) in [5.74, 6) is 0.872. The Morgan fingerprint density at radius 3 is 2.22 bits per heavy atom. The molecule has 2 aliphatic heterocycles. The number of piperidine rings is 1. The van der Waals surface area contributed by atoms with Gasteiger partial charge in [-0.25, -0.2) is 0 Å². The Morgan fingerprint density at radius 2 is 1.63 bits per heavy atom. The minimum absolute atomic E-state index is 0.139. The first kappa shape index (κ1) is 16.8. The molecule has 1 amide bonds. The molecule has 2 saturated heterocycles. The number of carbonyl (C=O) groups is 1. The van der Waals surface area contributed by atoms with E-state index in [0.29, 0.717) is 24.5 Å². The summed E-state index contributed by atoms with van der Waals surface area (Å²) in [5, 5.41) is 9.81. The van der Waals surface area contributed by atoms with Gasteiger partial charge in [-0.1, -0.05) is 36.4 Å². The Labute approximate surface area is 160 Å². The second-order valence-electron chi connectivity index (χ2n) is 8.64. The summed E-state index contributed by atoms with van der Waals surface area (Å²) >= 11 is 0. The fraction of sp³-hybridized carbons (Fsp3) is 0.435. The predicted octanol–water partition coefficient (Wildman–Crippen LogP) is 3.13. The molecule has 2 aromatic carbocycles. The van der Waals surface area contributed by atoms with E-state index in [0.717, 1.165) is 25.7 Å². The van der Waals surface area contributed by atoms with Crippen molar-refractivity contribution in [2.45, 2.75) is 62.1 Å². The van der Waals surface area contributed by atoms with Gasteiger partial charge in [0.15, 0.2) is 0 Å². The number of hydrogen-bond acceptors (Lipinski definition) is 3. The standard InChI is InChI=1S/C23H26N2O2/c24-23(13-16-4-1-2-5-17(16)14-23)22(27)25-19-8-9-20(25)11-18(10-19)15-6-3-7-21(26)12-15/h1-7,12,18-20,26H,8-11,13-14,24H2/t18?,19-,20+. The lowest BCUT2D eigenvalue weighted by molar-refractivity contribution is -0.141. The zero-order valence-corrected chi connectivity index (χ0v) is 15.5. The van der Waals surface area contributed by atoms with Crippen LogP contribution in [0.5, 0.6) is 5.75 Å². The quantitative estimate of drug-likeness (QED) is 0.863. The van der Waals surface area contributed by atoms with Crippen molar-refractivity contribution in [2.75, 3.05) is 0 Å². The Hall–Kier alpha value is -2.33. The Bertz CT molecular complexity index is 854. The lowest BCUT2D eigenvalue weighted by Crippen LogP contribution is -2.60. The average Bonchev–Trinajstić information content (AvgIpc) is 3.14. The molecule has 0 radical (unpaired) electrons. The van der Waals surface area contributed by atoms with Crippen LogP contribution in [0.25, 0.3) is 0 Å². The highest BCUT2D eigenvalue weighted by Gasteiger charge is 2.50. The third-order valence-corrected chi connectivity index (χ3v) is 6.87. The predicted molar refractivity (Wildman–Crippen MR) is 105 cm³/mol. The van der Waals surface area contributed by atoms with Gasteiger partial charge in [0.25, 0.3) is 0 Å². The van der Waals surface area contributed by atoms with Crippen molar-refractivity contribution in [3.05, 3.63) is 65.2 Å². The van der Waals surface area contributed by atoms with Crippen molar-refractivity contribution in [3.63, 3.8) is 0 Å². The van der Waals surface area contributed by atoms with E-state index >= 15 is 0 Å². The second-order valence-corrected chi connectivity index (χ2v) is 8.64. The highest BCUT2D eigenvalue weighted by Crippen LogP contribution is 2.45. The number of phenols is 1. The van der Waals surface area contributed by atoms with Gasteiger partial charge in [0.05, 0.1) is 0 Å². The van der Waals surface area contributed by atoms with Crippen molar-refractivity contribution in [3.8, 4) is 5.75 Å². The number of hydrogen-bond donors (Lipinski definition) is 2. The molecule has 3 N–H and O–H groups in total. The summed E-state index contributed by atoms with van der Waals surface area (Å²) in [4.78, 5) is 15.6. The van der Waals surface area contributed by atoms with Crippen LogP contribution in [-0.4, -0.2) is 33.5 Å². The largest absolute Gasteiger partial charge is 0.508 e. The highest BCUT2D eigenvalue weighted by molar-refractivity contribution is 5.89. The Kier molecular flexibility index (Phi) is 3.80. The molecule has 5 rings (SSSR count). The molecule has 3 aliphatic rings. The number of nitrogens with zero attached hydrogens (tertiary/aromatic N) is 1. The van der Waals surface area contributed by atoms with Gasteiger partial charge in [-0.3, -0.25) is 4.79 Å². The maximum atomic E-state index is 13.5. The van der Waals surface area contributed by atoms with Crippen LogP contribution in [-0.2, 0) is 17.6 Å². The van der Waals surface area contributed by atoms with Crippen molar-refractivity contribution < 1.29 is 9.90 Å². The van der Waals surface area contributed by atoms with Gasteiger partial charge in [0.2, 0.25) is 5.91 Å². The lowest BCUT2D eigenvalue weighted by atomic mass is 9.83. The second kappa shape index (κ2) is 6.10. The van der Waals surface area contributed by atoms with E-state index < -0.39 is 5.54 Å². The molecule has 2 fully saturated rings. The Morgan fingerprint density at radius 1 is 1.00 bits per heavy atom. The molecule has 27 heavy (non-hydrogen) atoms. The number of fused-ring (bicyclic) bond motifs is 3. The van der Waals surface area contributed by atoms with E-state index in [1.54, 1.807) is 6.07 Å². The van der Waals surface area contributed by atoms with Gasteiger partial charge in [-0.2, -0.15) is 0 Å². The van der Waals surface area contributed by atoms with Crippen molar-refractivity contribution in [1.82, 2.24) is 4.90 Å². The molecule has 1 aliphatic carbocycles. The van der Waals surface area contributed by atoms with Crippen molar-refractivity contribution in [2.24, 2.45) is 5.73 Å². The summed E-state index contributed by atoms with van der Waals surface area (Å²) < 4.78 is 0. The van der Waals surface area contributed by atoms with Gasteiger partial charge in [-0.05, 0) is 73.3 Å². The van der Waals surface area contributed by atoms with Crippen LogP contribution in [0.2, 0.25) is 0 Å². The third-order valence-electron chi connectivity index (χ3n) is 6.87. The van der Waals surface area contributed by atoms with Crippen LogP contribution in [0.1, 0.15) is 48.3 Å². The minimum atomic E-state index is -0.789. The van der Waals surface area contributed by atoms with Gasteiger partial charge < -0.3 is 15.7 Å². The lowest BCUT2D eigenvalue weighted by Gasteiger charge is -2.42. The number of carbonyl (C=O) groups excluding carboxylic acids is 1. The fourth-order valence-electron chi connectivity index (χ4n) is 5.61. The average molecular weight is 362 g/mol. The molecule has 4 nitrogen and oxygen atoms in total. The monoisotopic (exact) mass is 362 g/mol. The number of aromatic hydroxyl groups is 1. The molecule has 0 aromatic heterocycles. The maximum absolute atomic E-state index is 13.5. The molecule has 1 unspecified atom stereocenters. The van der Waals surface area contributed by atoms with E-state index in [9.17, 15) is 9.90 Å². The van der Waals surface area contributed by atoms with E-state index in [-0.39, 0.29) is 18.0 Å². The van der Waals surface area contributed by atoms with Crippen molar-refractivity contribution >= 4 is 5.91 Å².